The third kappa shape index (κ3) is 2.40. The molecule has 4 rings (SSSR count). The van der Waals surface area contributed by atoms with Crippen LogP contribution >= 0.6 is 11.3 Å². The molecule has 0 saturated heterocycles. The molecule has 4 aromatic rings. The summed E-state index contributed by atoms with van der Waals surface area (Å²) in [5.74, 6) is 0.495. The third-order valence-corrected chi connectivity index (χ3v) is 4.47. The maximum Gasteiger partial charge on any atom is 0.262 e. The van der Waals surface area contributed by atoms with Crippen molar-refractivity contribution in [1.29, 1.82) is 0 Å². The molecule has 0 aliphatic carbocycles. The number of nitrogens with zero attached hydrogens (tertiary/aromatic N) is 4. The number of thiazole rings is 1. The Morgan fingerprint density at radius 3 is 2.74 bits per heavy atom. The maximum absolute atomic E-state index is 12.6. The van der Waals surface area contributed by atoms with E-state index in [1.165, 1.54) is 11.3 Å². The van der Waals surface area contributed by atoms with Crippen molar-refractivity contribution in [2.45, 2.75) is 0 Å². The molecule has 0 bridgehead atoms. The first-order valence-corrected chi connectivity index (χ1v) is 7.86. The predicted octanol–water partition coefficient (Wildman–Crippen LogP) is 3.07. The maximum atomic E-state index is 12.6. The number of carbonyl (C=O) groups is 1. The second-order valence-electron chi connectivity index (χ2n) is 5.04. The number of hydrogen-bond donors (Lipinski definition) is 1. The van der Waals surface area contributed by atoms with Gasteiger partial charge < -0.3 is 4.57 Å². The number of benzene rings is 1. The summed E-state index contributed by atoms with van der Waals surface area (Å²) in [5, 5.41) is 7.64. The number of nitrogens with one attached hydrogen (secondary N) is 1. The highest BCUT2D eigenvalue weighted by molar-refractivity contribution is 7.22. The van der Waals surface area contributed by atoms with Crippen molar-refractivity contribution < 1.29 is 4.79 Å². The SMILES string of the molecule is Cn1ncc(C(=O)Nc2nc3ccccc3s2)c1-n1cccc1. The normalized spacial score (nSPS) is 11.0. The van der Waals surface area contributed by atoms with Crippen molar-refractivity contribution >= 4 is 32.6 Å². The second kappa shape index (κ2) is 5.36. The molecule has 3 heterocycles. The number of hydrogen-bond acceptors (Lipinski definition) is 4. The Kier molecular flexibility index (Phi) is 3.20. The fourth-order valence-electron chi connectivity index (χ4n) is 2.46. The Morgan fingerprint density at radius 1 is 1.17 bits per heavy atom. The van der Waals surface area contributed by atoms with Gasteiger partial charge in [-0.25, -0.2) is 4.98 Å². The molecule has 0 radical (unpaired) electrons. The van der Waals surface area contributed by atoms with Crippen LogP contribution in [-0.2, 0) is 7.05 Å². The van der Waals surface area contributed by atoms with E-state index in [2.05, 4.69) is 15.4 Å². The molecule has 0 saturated carbocycles. The largest absolute Gasteiger partial charge is 0.308 e. The monoisotopic (exact) mass is 323 g/mol. The van der Waals surface area contributed by atoms with Gasteiger partial charge in [0, 0.05) is 19.4 Å². The van der Waals surface area contributed by atoms with Gasteiger partial charge in [0.2, 0.25) is 0 Å². The van der Waals surface area contributed by atoms with Gasteiger partial charge in [-0.1, -0.05) is 23.5 Å². The highest BCUT2D eigenvalue weighted by atomic mass is 32.1. The third-order valence-electron chi connectivity index (χ3n) is 3.52. The first-order chi connectivity index (χ1) is 11.2. The van der Waals surface area contributed by atoms with Gasteiger partial charge in [-0.2, -0.15) is 5.10 Å². The molecule has 1 aromatic carbocycles. The smallest absolute Gasteiger partial charge is 0.262 e. The van der Waals surface area contributed by atoms with Crippen molar-refractivity contribution in [2.75, 3.05) is 5.32 Å². The Labute approximate surface area is 136 Å². The van der Waals surface area contributed by atoms with Gasteiger partial charge in [-0.3, -0.25) is 14.8 Å². The number of amides is 1. The van der Waals surface area contributed by atoms with E-state index in [9.17, 15) is 4.79 Å². The molecule has 23 heavy (non-hydrogen) atoms. The van der Waals surface area contributed by atoms with Crippen LogP contribution in [0.5, 0.6) is 0 Å². The molecule has 114 valence electrons. The second-order valence-corrected chi connectivity index (χ2v) is 6.07. The van der Waals surface area contributed by atoms with Crippen molar-refractivity contribution in [1.82, 2.24) is 19.3 Å². The van der Waals surface area contributed by atoms with E-state index in [1.807, 2.05) is 60.4 Å². The van der Waals surface area contributed by atoms with Crippen LogP contribution in [0.2, 0.25) is 0 Å². The van der Waals surface area contributed by atoms with Gasteiger partial charge in [0.05, 0.1) is 16.4 Å². The lowest BCUT2D eigenvalue weighted by Crippen LogP contribution is -2.14. The summed E-state index contributed by atoms with van der Waals surface area (Å²) >= 11 is 1.45. The van der Waals surface area contributed by atoms with E-state index in [4.69, 9.17) is 0 Å². The van der Waals surface area contributed by atoms with Gasteiger partial charge >= 0.3 is 0 Å². The Hall–Kier alpha value is -2.93. The molecule has 0 unspecified atom stereocenters. The first-order valence-electron chi connectivity index (χ1n) is 7.04. The average Bonchev–Trinajstić information content (AvgIpc) is 3.24. The Morgan fingerprint density at radius 2 is 1.96 bits per heavy atom. The van der Waals surface area contributed by atoms with Gasteiger partial charge in [0.1, 0.15) is 11.4 Å². The van der Waals surface area contributed by atoms with Crippen LogP contribution in [0.15, 0.2) is 55.0 Å². The number of aromatic nitrogens is 4. The highest BCUT2D eigenvalue weighted by Gasteiger charge is 2.18. The highest BCUT2D eigenvalue weighted by Crippen LogP contribution is 2.26. The number of carbonyl (C=O) groups excluding carboxylic acids is 1. The lowest BCUT2D eigenvalue weighted by molar-refractivity contribution is 0.102. The molecule has 1 N–H and O–H groups in total. The summed E-state index contributed by atoms with van der Waals surface area (Å²) in [4.78, 5) is 17.0. The minimum atomic E-state index is -0.221. The summed E-state index contributed by atoms with van der Waals surface area (Å²) in [6.07, 6.45) is 5.33. The quantitative estimate of drug-likeness (QED) is 0.630. The zero-order valence-electron chi connectivity index (χ0n) is 12.3. The van der Waals surface area contributed by atoms with Gasteiger partial charge in [0.15, 0.2) is 5.13 Å². The van der Waals surface area contributed by atoms with E-state index < -0.39 is 0 Å². The summed E-state index contributed by atoms with van der Waals surface area (Å²) < 4.78 is 4.58. The first kappa shape index (κ1) is 13.7. The molecule has 6 nitrogen and oxygen atoms in total. The van der Waals surface area contributed by atoms with Gasteiger partial charge in [0.25, 0.3) is 5.91 Å². The zero-order valence-corrected chi connectivity index (χ0v) is 13.1. The molecule has 3 aromatic heterocycles. The van der Waals surface area contributed by atoms with Gasteiger partial charge in [-0.05, 0) is 24.3 Å². The van der Waals surface area contributed by atoms with Crippen LogP contribution in [0.4, 0.5) is 5.13 Å². The summed E-state index contributed by atoms with van der Waals surface area (Å²) in [6, 6.07) is 11.6. The summed E-state index contributed by atoms with van der Waals surface area (Å²) in [6.45, 7) is 0. The van der Waals surface area contributed by atoms with Crippen LogP contribution in [0.25, 0.3) is 16.0 Å². The molecule has 0 atom stereocenters. The van der Waals surface area contributed by atoms with Crippen molar-refractivity contribution in [3.8, 4) is 5.82 Å². The average molecular weight is 323 g/mol. The van der Waals surface area contributed by atoms with Crippen LogP contribution in [0.1, 0.15) is 10.4 Å². The van der Waals surface area contributed by atoms with Crippen molar-refractivity contribution in [3.63, 3.8) is 0 Å². The minimum absolute atomic E-state index is 0.221. The number of para-hydroxylation sites is 1. The van der Waals surface area contributed by atoms with E-state index in [1.54, 1.807) is 10.9 Å². The predicted molar refractivity (Wildman–Crippen MR) is 90.1 cm³/mol. The van der Waals surface area contributed by atoms with E-state index in [-0.39, 0.29) is 5.91 Å². The molecule has 0 aliphatic rings. The van der Waals surface area contributed by atoms with E-state index in [0.717, 1.165) is 10.2 Å². The molecule has 0 fully saturated rings. The van der Waals surface area contributed by atoms with Crippen LogP contribution in [0, 0.1) is 0 Å². The topological polar surface area (TPSA) is 64.7 Å². The zero-order chi connectivity index (χ0) is 15.8. The Balaban J connectivity index is 1.67. The fraction of sp³-hybridized carbons (Fsp3) is 0.0625. The summed E-state index contributed by atoms with van der Waals surface area (Å²) in [5.41, 5.74) is 1.38. The molecular formula is C16H13N5OS. The van der Waals surface area contributed by atoms with Crippen LogP contribution in [-0.4, -0.2) is 25.2 Å². The number of anilines is 1. The van der Waals surface area contributed by atoms with Crippen LogP contribution < -0.4 is 5.32 Å². The molecular weight excluding hydrogens is 310 g/mol. The van der Waals surface area contributed by atoms with Crippen LogP contribution in [0.3, 0.4) is 0 Å². The van der Waals surface area contributed by atoms with Crippen molar-refractivity contribution in [3.05, 3.63) is 60.6 Å². The molecule has 7 heteroatoms. The lowest BCUT2D eigenvalue weighted by atomic mass is 10.3. The lowest BCUT2D eigenvalue weighted by Gasteiger charge is -2.06. The molecule has 1 amide bonds. The minimum Gasteiger partial charge on any atom is -0.308 e. The summed E-state index contributed by atoms with van der Waals surface area (Å²) in [7, 11) is 1.81. The number of fused-ring (bicyclic) bond motifs is 1. The van der Waals surface area contributed by atoms with Crippen molar-refractivity contribution in [2.24, 2.45) is 7.05 Å². The van der Waals surface area contributed by atoms with E-state index in [0.29, 0.717) is 16.5 Å². The number of rotatable bonds is 3. The molecule has 0 aliphatic heterocycles. The Bertz CT molecular complexity index is 950. The molecule has 0 spiro atoms. The fourth-order valence-corrected chi connectivity index (χ4v) is 3.32. The standard InChI is InChI=1S/C16H13N5OS/c1-20-15(21-8-4-5-9-21)11(10-17-20)14(22)19-16-18-12-6-2-3-7-13(12)23-16/h2-10H,1H3,(H,18,19,22). The van der Waals surface area contributed by atoms with Gasteiger partial charge in [-0.15, -0.1) is 0 Å². The van der Waals surface area contributed by atoms with E-state index >= 15 is 0 Å². The number of aryl methyl sites for hydroxylation is 1.